The van der Waals surface area contributed by atoms with E-state index < -0.39 is 0 Å². The van der Waals surface area contributed by atoms with Crippen LogP contribution in [0, 0.1) is 0 Å². The van der Waals surface area contributed by atoms with Crippen LogP contribution in [0.5, 0.6) is 0 Å². The van der Waals surface area contributed by atoms with E-state index in [-0.39, 0.29) is 5.41 Å². The second-order valence-electron chi connectivity index (χ2n) is 18.1. The standard InChI is InChI=1S/C65H48N2/c1-65(2)60-26-16-15-25-57(60)58-41-40-56(44-61(58)65)66(53-34-27-47(28-35-53)45-17-7-3-8-18-45)54-36-31-49(32-37-54)52-33-42-62-59(43-52)63(50-21-11-5-12-22-50)64(51-23-13-6-14-24-51)67(62)55-38-29-48(30-39-55)46-19-9-4-10-20-46/h3-44H,1-2H3. The Labute approximate surface area is 393 Å². The van der Waals surface area contributed by atoms with Gasteiger partial charge in [-0.3, -0.25) is 0 Å². The number of hydrogen-bond acceptors (Lipinski definition) is 1. The first-order valence-corrected chi connectivity index (χ1v) is 23.3. The highest BCUT2D eigenvalue weighted by molar-refractivity contribution is 6.07. The minimum Gasteiger partial charge on any atom is -0.310 e. The van der Waals surface area contributed by atoms with Crippen molar-refractivity contribution >= 4 is 28.0 Å². The van der Waals surface area contributed by atoms with Gasteiger partial charge in [-0.05, 0) is 127 Å². The lowest BCUT2D eigenvalue weighted by atomic mass is 9.82. The summed E-state index contributed by atoms with van der Waals surface area (Å²) in [6.07, 6.45) is 0. The topological polar surface area (TPSA) is 8.17 Å². The van der Waals surface area contributed by atoms with Gasteiger partial charge in [-0.2, -0.15) is 0 Å². The van der Waals surface area contributed by atoms with Gasteiger partial charge in [0.1, 0.15) is 0 Å². The molecule has 1 heterocycles. The molecule has 0 spiro atoms. The Morgan fingerprint density at radius 2 is 0.761 bits per heavy atom. The van der Waals surface area contributed by atoms with Gasteiger partial charge in [0, 0.05) is 39.1 Å². The summed E-state index contributed by atoms with van der Waals surface area (Å²) in [5.41, 5.74) is 22.8. The lowest BCUT2D eigenvalue weighted by molar-refractivity contribution is 0.660. The Hall–Kier alpha value is -8.46. The molecule has 0 unspecified atom stereocenters. The SMILES string of the molecule is CC1(C)c2ccccc2-c2ccc(N(c3ccc(-c4ccccc4)cc3)c3ccc(-c4ccc5c(c4)c(-c4ccccc4)c(-c4ccccc4)n5-c4ccc(-c5ccccc5)cc4)cc3)cc21. The maximum atomic E-state index is 2.45. The van der Waals surface area contributed by atoms with Crippen molar-refractivity contribution in [1.82, 2.24) is 4.57 Å². The van der Waals surface area contributed by atoms with Gasteiger partial charge < -0.3 is 9.47 Å². The summed E-state index contributed by atoms with van der Waals surface area (Å²) in [4.78, 5) is 2.41. The number of benzene rings is 10. The molecule has 1 aliphatic rings. The zero-order valence-corrected chi connectivity index (χ0v) is 37.6. The zero-order valence-electron chi connectivity index (χ0n) is 37.6. The van der Waals surface area contributed by atoms with Gasteiger partial charge in [-0.15, -0.1) is 0 Å². The third kappa shape index (κ3) is 7.06. The van der Waals surface area contributed by atoms with Crippen LogP contribution < -0.4 is 4.90 Å². The summed E-state index contributed by atoms with van der Waals surface area (Å²) in [7, 11) is 0. The third-order valence-electron chi connectivity index (χ3n) is 13.8. The zero-order chi connectivity index (χ0) is 44.9. The van der Waals surface area contributed by atoms with E-state index in [1.807, 2.05) is 0 Å². The smallest absolute Gasteiger partial charge is 0.0619 e. The molecule has 10 aromatic carbocycles. The Kier molecular flexibility index (Phi) is 9.88. The van der Waals surface area contributed by atoms with Crippen LogP contribution in [-0.2, 0) is 5.41 Å². The van der Waals surface area contributed by atoms with Crippen LogP contribution in [-0.4, -0.2) is 4.57 Å². The average Bonchev–Trinajstić information content (AvgIpc) is 3.86. The number of aromatic nitrogens is 1. The molecule has 0 N–H and O–H groups in total. The molecular weight excluding hydrogens is 809 g/mol. The van der Waals surface area contributed by atoms with Crippen LogP contribution in [0.2, 0.25) is 0 Å². The summed E-state index contributed by atoms with van der Waals surface area (Å²) in [5, 5.41) is 1.21. The van der Waals surface area contributed by atoms with Crippen molar-refractivity contribution in [3.05, 3.63) is 266 Å². The molecule has 67 heavy (non-hydrogen) atoms. The molecule has 0 saturated carbocycles. The van der Waals surface area contributed by atoms with Gasteiger partial charge in [0.15, 0.2) is 0 Å². The molecule has 0 bridgehead atoms. The van der Waals surface area contributed by atoms with Gasteiger partial charge in [0.25, 0.3) is 0 Å². The molecule has 12 rings (SSSR count). The average molecular weight is 857 g/mol. The van der Waals surface area contributed by atoms with Gasteiger partial charge in [-0.1, -0.05) is 208 Å². The van der Waals surface area contributed by atoms with E-state index >= 15 is 0 Å². The van der Waals surface area contributed by atoms with Crippen LogP contribution in [0.3, 0.4) is 0 Å². The van der Waals surface area contributed by atoms with Crippen LogP contribution in [0.15, 0.2) is 255 Å². The number of hydrogen-bond donors (Lipinski definition) is 0. The number of nitrogens with zero attached hydrogens (tertiary/aromatic N) is 2. The molecule has 2 nitrogen and oxygen atoms in total. The van der Waals surface area contributed by atoms with Crippen molar-refractivity contribution in [1.29, 1.82) is 0 Å². The van der Waals surface area contributed by atoms with Crippen molar-refractivity contribution < 1.29 is 0 Å². The Bertz CT molecular complexity index is 3530. The number of anilines is 3. The predicted molar refractivity (Wildman–Crippen MR) is 283 cm³/mol. The number of rotatable bonds is 9. The molecule has 0 aliphatic heterocycles. The fraction of sp³-hybridized carbons (Fsp3) is 0.0462. The largest absolute Gasteiger partial charge is 0.310 e. The van der Waals surface area contributed by atoms with Crippen LogP contribution >= 0.6 is 0 Å². The summed E-state index contributed by atoms with van der Waals surface area (Å²) in [6, 6.07) is 93.0. The third-order valence-corrected chi connectivity index (χ3v) is 13.8. The van der Waals surface area contributed by atoms with E-state index in [1.165, 1.54) is 77.8 Å². The maximum Gasteiger partial charge on any atom is 0.0619 e. The first-order valence-electron chi connectivity index (χ1n) is 23.3. The van der Waals surface area contributed by atoms with Crippen LogP contribution in [0.25, 0.3) is 83.5 Å². The second kappa shape index (κ2) is 16.5. The minimum atomic E-state index is -0.114. The maximum absolute atomic E-state index is 2.45. The molecule has 0 amide bonds. The molecule has 0 radical (unpaired) electrons. The lowest BCUT2D eigenvalue weighted by Gasteiger charge is -2.28. The summed E-state index contributed by atoms with van der Waals surface area (Å²) in [5.74, 6) is 0. The van der Waals surface area contributed by atoms with Crippen LogP contribution in [0.4, 0.5) is 17.1 Å². The van der Waals surface area contributed by atoms with E-state index in [0.29, 0.717) is 0 Å². The minimum absolute atomic E-state index is 0.114. The Balaban J connectivity index is 0.983. The molecule has 1 aliphatic carbocycles. The summed E-state index contributed by atoms with van der Waals surface area (Å²) >= 11 is 0. The molecular formula is C65H48N2. The highest BCUT2D eigenvalue weighted by atomic mass is 15.1. The van der Waals surface area contributed by atoms with E-state index in [4.69, 9.17) is 0 Å². The molecule has 1 aromatic heterocycles. The van der Waals surface area contributed by atoms with E-state index in [9.17, 15) is 0 Å². The Morgan fingerprint density at radius 1 is 0.328 bits per heavy atom. The highest BCUT2D eigenvalue weighted by Gasteiger charge is 2.35. The number of fused-ring (bicyclic) bond motifs is 4. The van der Waals surface area contributed by atoms with Crippen molar-refractivity contribution in [2.75, 3.05) is 4.90 Å². The van der Waals surface area contributed by atoms with Gasteiger partial charge in [-0.25, -0.2) is 0 Å². The van der Waals surface area contributed by atoms with Gasteiger partial charge >= 0.3 is 0 Å². The van der Waals surface area contributed by atoms with E-state index in [0.717, 1.165) is 33.8 Å². The van der Waals surface area contributed by atoms with E-state index in [2.05, 4.69) is 278 Å². The molecule has 318 valence electrons. The normalized spacial score (nSPS) is 12.4. The van der Waals surface area contributed by atoms with Crippen molar-refractivity contribution in [3.8, 4) is 72.6 Å². The lowest BCUT2D eigenvalue weighted by Crippen LogP contribution is -2.16. The predicted octanol–water partition coefficient (Wildman–Crippen LogP) is 17.7. The summed E-state index contributed by atoms with van der Waals surface area (Å²) in [6.45, 7) is 4.71. The van der Waals surface area contributed by atoms with Gasteiger partial charge in [0.2, 0.25) is 0 Å². The first kappa shape index (κ1) is 40.1. The molecule has 0 saturated heterocycles. The highest BCUT2D eigenvalue weighted by Crippen LogP contribution is 2.51. The quantitative estimate of drug-likeness (QED) is 0.140. The molecule has 0 fully saturated rings. The van der Waals surface area contributed by atoms with Crippen LogP contribution in [0.1, 0.15) is 25.0 Å². The van der Waals surface area contributed by atoms with E-state index in [1.54, 1.807) is 0 Å². The monoisotopic (exact) mass is 856 g/mol. The van der Waals surface area contributed by atoms with Crippen molar-refractivity contribution in [2.45, 2.75) is 19.3 Å². The fourth-order valence-electron chi connectivity index (χ4n) is 10.5. The van der Waals surface area contributed by atoms with Gasteiger partial charge in [0.05, 0.1) is 11.2 Å². The second-order valence-corrected chi connectivity index (χ2v) is 18.1. The fourth-order valence-corrected chi connectivity index (χ4v) is 10.5. The molecule has 2 heteroatoms. The van der Waals surface area contributed by atoms with Crippen molar-refractivity contribution in [2.24, 2.45) is 0 Å². The molecule has 11 aromatic rings. The molecule has 0 atom stereocenters. The first-order chi connectivity index (χ1) is 33.0. The Morgan fingerprint density at radius 3 is 1.34 bits per heavy atom. The summed E-state index contributed by atoms with van der Waals surface area (Å²) < 4.78 is 2.45. The van der Waals surface area contributed by atoms with Crippen molar-refractivity contribution in [3.63, 3.8) is 0 Å².